The molecule has 8 nitrogen and oxygen atoms in total. The fourth-order valence-corrected chi connectivity index (χ4v) is 16.3. The highest BCUT2D eigenvalue weighted by Crippen LogP contribution is 2.47. The van der Waals surface area contributed by atoms with Gasteiger partial charge in [0.25, 0.3) is 0 Å². The SMILES string of the molecule is CCCCCCCCCCCCOc1cc(-c2nc3cc4sc(-c5cc(OCCCCCCCCCCCC)c(OCCCCCCCCCCCC)c(OCCCCCCCCCCCC)c5)nc4cc3s2)cc(OCCCCCCCCCCCC)c1OCCCCCCCCCCCC. The molecule has 0 aliphatic heterocycles. The molecule has 0 radical (unpaired) electrons. The third kappa shape index (κ3) is 40.8. The number of nitrogens with zero attached hydrogens (tertiary/aromatic N) is 2. The maximum atomic E-state index is 6.88. The Kier molecular flexibility index (Phi) is 54.3. The van der Waals surface area contributed by atoms with Crippen LogP contribution in [0.3, 0.4) is 0 Å². The maximum absolute atomic E-state index is 6.88. The molecule has 582 valence electrons. The molecule has 0 amide bonds. The lowest BCUT2D eigenvalue weighted by Gasteiger charge is -2.19. The van der Waals surface area contributed by atoms with E-state index in [1.165, 1.54) is 347 Å². The molecular formula is C92H156N2O6S2. The zero-order chi connectivity index (χ0) is 72.1. The number of hydrogen-bond donors (Lipinski definition) is 0. The molecule has 0 bridgehead atoms. The average Bonchev–Trinajstić information content (AvgIpc) is 1.60. The van der Waals surface area contributed by atoms with Gasteiger partial charge in [0.1, 0.15) is 10.0 Å². The summed E-state index contributed by atoms with van der Waals surface area (Å²) in [5.41, 5.74) is 4.00. The Balaban J connectivity index is 1.41. The molecule has 0 atom stereocenters. The van der Waals surface area contributed by atoms with Crippen LogP contribution in [-0.4, -0.2) is 49.6 Å². The second-order valence-corrected chi connectivity index (χ2v) is 32.7. The normalized spacial score (nSPS) is 11.7. The van der Waals surface area contributed by atoms with E-state index in [9.17, 15) is 0 Å². The van der Waals surface area contributed by atoms with Crippen LogP contribution < -0.4 is 28.4 Å². The summed E-state index contributed by atoms with van der Waals surface area (Å²) in [5.74, 6) is 4.67. The number of ether oxygens (including phenoxy) is 6. The number of thiazole rings is 2. The fraction of sp³-hybridized carbons (Fsp3) is 0.783. The number of rotatable bonds is 74. The topological polar surface area (TPSA) is 81.2 Å². The molecule has 102 heavy (non-hydrogen) atoms. The van der Waals surface area contributed by atoms with Gasteiger partial charge in [-0.1, -0.05) is 388 Å². The van der Waals surface area contributed by atoms with Gasteiger partial charge >= 0.3 is 0 Å². The van der Waals surface area contributed by atoms with Crippen LogP contribution in [0.2, 0.25) is 0 Å². The first-order valence-electron chi connectivity index (χ1n) is 44.4. The summed E-state index contributed by atoms with van der Waals surface area (Å²) < 4.78 is 43.5. The van der Waals surface area contributed by atoms with Crippen LogP contribution in [0, 0.1) is 0 Å². The summed E-state index contributed by atoms with van der Waals surface area (Å²) in [7, 11) is 0. The van der Waals surface area contributed by atoms with Gasteiger partial charge in [-0.2, -0.15) is 0 Å². The van der Waals surface area contributed by atoms with Gasteiger partial charge in [-0.05, 0) is 74.9 Å². The predicted molar refractivity (Wildman–Crippen MR) is 448 cm³/mol. The summed E-state index contributed by atoms with van der Waals surface area (Å²) in [5, 5.41) is 1.91. The monoisotopic (exact) mass is 1450 g/mol. The lowest BCUT2D eigenvalue weighted by atomic mass is 10.1. The number of aromatic nitrogens is 2. The van der Waals surface area contributed by atoms with Crippen LogP contribution >= 0.6 is 22.7 Å². The van der Waals surface area contributed by atoms with Crippen molar-refractivity contribution in [2.24, 2.45) is 0 Å². The maximum Gasteiger partial charge on any atom is 0.203 e. The quantitative estimate of drug-likeness (QED) is 0.0356. The molecule has 0 unspecified atom stereocenters. The van der Waals surface area contributed by atoms with Gasteiger partial charge < -0.3 is 28.4 Å². The molecule has 5 rings (SSSR count). The number of fused-ring (bicyclic) bond motifs is 2. The lowest BCUT2D eigenvalue weighted by molar-refractivity contribution is 0.234. The molecule has 0 saturated heterocycles. The van der Waals surface area contributed by atoms with E-state index in [4.69, 9.17) is 38.4 Å². The van der Waals surface area contributed by atoms with E-state index in [-0.39, 0.29) is 0 Å². The molecule has 0 aliphatic carbocycles. The van der Waals surface area contributed by atoms with Crippen LogP contribution in [0.1, 0.15) is 427 Å². The molecule has 10 heteroatoms. The Morgan fingerprint density at radius 2 is 0.373 bits per heavy atom. The van der Waals surface area contributed by atoms with Gasteiger partial charge in [0.2, 0.25) is 11.5 Å². The predicted octanol–water partition coefficient (Wildman–Crippen LogP) is 32.0. The van der Waals surface area contributed by atoms with Crippen molar-refractivity contribution in [2.45, 2.75) is 427 Å². The zero-order valence-corrected chi connectivity index (χ0v) is 68.9. The summed E-state index contributed by atoms with van der Waals surface area (Å²) in [4.78, 5) is 10.9. The standard InChI is InChI=1S/C92H156N2O6S2/c1-7-13-19-25-31-37-43-49-55-61-67-95-83-73-79(74-84(96-68-62-56-50-44-38-32-26-20-14-8-2)89(83)99-71-65-59-53-47-41-35-29-23-17-11-5)91-93-81-77-88-82(78-87(81)101-91)94-92(102-88)80-75-85(97-69-63-57-51-45-39-33-27-21-15-9-3)90(100-72-66-60-54-48-42-36-30-24-18-12-6)86(76-80)98-70-64-58-52-46-40-34-28-22-16-10-4/h73-78H,7-72H2,1-6H3. The largest absolute Gasteiger partial charge is 0.490 e. The van der Waals surface area contributed by atoms with Crippen molar-refractivity contribution >= 4 is 43.1 Å². The molecule has 0 saturated carbocycles. The van der Waals surface area contributed by atoms with Crippen molar-refractivity contribution in [2.75, 3.05) is 39.6 Å². The Hall–Kier alpha value is -3.76. The van der Waals surface area contributed by atoms with Crippen LogP contribution in [0.4, 0.5) is 0 Å². The van der Waals surface area contributed by atoms with Crippen molar-refractivity contribution in [1.82, 2.24) is 9.97 Å². The van der Waals surface area contributed by atoms with Crippen molar-refractivity contribution < 1.29 is 28.4 Å². The first kappa shape index (κ1) is 88.9. The lowest BCUT2D eigenvalue weighted by Crippen LogP contribution is -2.06. The van der Waals surface area contributed by atoms with Gasteiger partial charge in [0.05, 0.1) is 60.1 Å². The van der Waals surface area contributed by atoms with Gasteiger partial charge in [0.15, 0.2) is 23.0 Å². The Morgan fingerprint density at radius 3 is 0.559 bits per heavy atom. The third-order valence-corrected chi connectivity index (χ3v) is 23.1. The highest BCUT2D eigenvalue weighted by molar-refractivity contribution is 7.23. The summed E-state index contributed by atoms with van der Waals surface area (Å²) in [6, 6.07) is 13.3. The molecule has 0 aliphatic rings. The van der Waals surface area contributed by atoms with E-state index in [0.717, 1.165) is 115 Å². The smallest absolute Gasteiger partial charge is 0.203 e. The third-order valence-electron chi connectivity index (χ3n) is 20.9. The van der Waals surface area contributed by atoms with E-state index in [2.05, 4.69) is 77.9 Å². The van der Waals surface area contributed by atoms with E-state index < -0.39 is 0 Å². The van der Waals surface area contributed by atoms with Crippen LogP contribution in [0.15, 0.2) is 36.4 Å². The Morgan fingerprint density at radius 1 is 0.206 bits per heavy atom. The zero-order valence-electron chi connectivity index (χ0n) is 67.3. The molecule has 3 aromatic carbocycles. The highest BCUT2D eigenvalue weighted by Gasteiger charge is 2.22. The van der Waals surface area contributed by atoms with Crippen LogP contribution in [0.25, 0.3) is 41.6 Å². The minimum absolute atomic E-state index is 0.658. The highest BCUT2D eigenvalue weighted by atomic mass is 32.1. The van der Waals surface area contributed by atoms with Gasteiger partial charge in [-0.3, -0.25) is 0 Å². The molecule has 2 aromatic heterocycles. The van der Waals surface area contributed by atoms with Crippen LogP contribution in [-0.2, 0) is 0 Å². The van der Waals surface area contributed by atoms with Gasteiger partial charge in [-0.25, -0.2) is 9.97 Å². The fourth-order valence-electron chi connectivity index (χ4n) is 14.3. The number of benzene rings is 3. The summed E-state index contributed by atoms with van der Waals surface area (Å²) >= 11 is 3.46. The van der Waals surface area contributed by atoms with E-state index >= 15 is 0 Å². The summed E-state index contributed by atoms with van der Waals surface area (Å²) in [6.07, 6.45) is 77.5. The van der Waals surface area contributed by atoms with E-state index in [1.54, 1.807) is 22.7 Å². The van der Waals surface area contributed by atoms with Gasteiger partial charge in [0, 0.05) is 11.1 Å². The van der Waals surface area contributed by atoms with Crippen molar-refractivity contribution in [3.8, 4) is 55.6 Å². The van der Waals surface area contributed by atoms with Crippen molar-refractivity contribution in [3.63, 3.8) is 0 Å². The van der Waals surface area contributed by atoms with E-state index in [1.807, 2.05) is 0 Å². The molecule has 0 N–H and O–H groups in total. The second-order valence-electron chi connectivity index (χ2n) is 30.6. The minimum atomic E-state index is 0.658. The molecular weight excluding hydrogens is 1290 g/mol. The Bertz CT molecular complexity index is 2410. The number of hydrogen-bond acceptors (Lipinski definition) is 10. The first-order chi connectivity index (χ1) is 50.5. The molecule has 5 aromatic rings. The number of unbranched alkanes of at least 4 members (excludes halogenated alkanes) is 54. The minimum Gasteiger partial charge on any atom is -0.490 e. The molecule has 0 fully saturated rings. The van der Waals surface area contributed by atoms with Crippen LogP contribution in [0.5, 0.6) is 34.5 Å². The van der Waals surface area contributed by atoms with Crippen molar-refractivity contribution in [1.29, 1.82) is 0 Å². The molecule has 2 heterocycles. The van der Waals surface area contributed by atoms with Gasteiger partial charge in [-0.15, -0.1) is 22.7 Å². The first-order valence-corrected chi connectivity index (χ1v) is 46.0. The van der Waals surface area contributed by atoms with Crippen molar-refractivity contribution in [3.05, 3.63) is 36.4 Å². The summed E-state index contributed by atoms with van der Waals surface area (Å²) in [6.45, 7) is 17.8. The molecule has 0 spiro atoms. The second kappa shape index (κ2) is 62.3. The average molecular weight is 1450 g/mol. The van der Waals surface area contributed by atoms with E-state index in [0.29, 0.717) is 39.6 Å². The Labute approximate surface area is 636 Å².